The Balaban J connectivity index is 0.000000142. The third-order valence-electron chi connectivity index (χ3n) is 4.24. The predicted molar refractivity (Wildman–Crippen MR) is 64.0 cm³/mol. The Bertz CT molecular complexity index is 300. The normalized spacial score (nSPS) is 37.8. The van der Waals surface area contributed by atoms with Crippen LogP contribution in [0.5, 0.6) is 0 Å². The molecule has 88 valence electrons. The first-order chi connectivity index (χ1) is 7.59. The van der Waals surface area contributed by atoms with Crippen molar-refractivity contribution < 1.29 is 9.90 Å². The first kappa shape index (κ1) is 11.4. The molecule has 4 unspecified atom stereocenters. The molecule has 16 heavy (non-hydrogen) atoms. The van der Waals surface area contributed by atoms with Crippen LogP contribution in [0, 0.1) is 23.7 Å². The van der Waals surface area contributed by atoms with Gasteiger partial charge < -0.3 is 5.11 Å². The Hall–Kier alpha value is -1.05. The molecule has 4 atom stereocenters. The van der Waals surface area contributed by atoms with Gasteiger partial charge >= 0.3 is 5.97 Å². The lowest BCUT2D eigenvalue weighted by Gasteiger charge is -2.19. The number of carbonyl (C=O) groups is 1. The van der Waals surface area contributed by atoms with E-state index in [2.05, 4.69) is 18.7 Å². The van der Waals surface area contributed by atoms with Gasteiger partial charge in [-0.1, -0.05) is 25.2 Å². The van der Waals surface area contributed by atoms with Crippen molar-refractivity contribution in [2.75, 3.05) is 0 Å². The van der Waals surface area contributed by atoms with Gasteiger partial charge in [-0.25, -0.2) is 4.79 Å². The van der Waals surface area contributed by atoms with Gasteiger partial charge in [-0.15, -0.1) is 0 Å². The van der Waals surface area contributed by atoms with Crippen LogP contribution in [0.2, 0.25) is 0 Å². The highest BCUT2D eigenvalue weighted by Crippen LogP contribution is 2.55. The summed E-state index contributed by atoms with van der Waals surface area (Å²) in [4.78, 5) is 9.60. The summed E-state index contributed by atoms with van der Waals surface area (Å²) < 4.78 is 0. The SMILES string of the molecule is C1=CC2CC1C1CCCC21.C=C(C)C(=O)O. The minimum Gasteiger partial charge on any atom is -0.478 e. The fourth-order valence-electron chi connectivity index (χ4n) is 3.47. The number of rotatable bonds is 1. The number of hydrogen-bond acceptors (Lipinski definition) is 1. The third kappa shape index (κ3) is 2.06. The third-order valence-corrected chi connectivity index (χ3v) is 4.24. The fraction of sp³-hybridized carbons (Fsp3) is 0.643. The summed E-state index contributed by atoms with van der Waals surface area (Å²) in [5.74, 6) is 3.33. The molecule has 3 aliphatic carbocycles. The van der Waals surface area contributed by atoms with Crippen molar-refractivity contribution in [3.05, 3.63) is 24.3 Å². The van der Waals surface area contributed by atoms with Crippen LogP contribution in [0.1, 0.15) is 32.6 Å². The highest BCUT2D eigenvalue weighted by atomic mass is 16.4. The van der Waals surface area contributed by atoms with Crippen LogP contribution in [0.3, 0.4) is 0 Å². The van der Waals surface area contributed by atoms with Crippen LogP contribution in [0.15, 0.2) is 24.3 Å². The summed E-state index contributed by atoms with van der Waals surface area (Å²) in [6, 6.07) is 0. The summed E-state index contributed by atoms with van der Waals surface area (Å²) in [6.45, 7) is 4.60. The summed E-state index contributed by atoms with van der Waals surface area (Å²) >= 11 is 0. The van der Waals surface area contributed by atoms with Crippen molar-refractivity contribution >= 4 is 5.97 Å². The maximum atomic E-state index is 9.60. The van der Waals surface area contributed by atoms with Crippen molar-refractivity contribution in [1.29, 1.82) is 0 Å². The van der Waals surface area contributed by atoms with Crippen LogP contribution in [-0.2, 0) is 4.79 Å². The van der Waals surface area contributed by atoms with Gasteiger partial charge in [-0.3, -0.25) is 0 Å². The van der Waals surface area contributed by atoms with E-state index >= 15 is 0 Å². The molecule has 2 nitrogen and oxygen atoms in total. The van der Waals surface area contributed by atoms with E-state index in [-0.39, 0.29) is 5.57 Å². The fourth-order valence-corrected chi connectivity index (χ4v) is 3.47. The van der Waals surface area contributed by atoms with Gasteiger partial charge in [-0.05, 0) is 49.9 Å². The maximum Gasteiger partial charge on any atom is 0.330 e. The zero-order valence-electron chi connectivity index (χ0n) is 9.86. The quantitative estimate of drug-likeness (QED) is 0.544. The molecular formula is C14H20O2. The molecule has 0 radical (unpaired) electrons. The lowest BCUT2D eigenvalue weighted by atomic mass is 9.86. The second-order valence-electron chi connectivity index (χ2n) is 5.29. The zero-order valence-corrected chi connectivity index (χ0v) is 9.86. The van der Waals surface area contributed by atoms with Gasteiger partial charge in [0.25, 0.3) is 0 Å². The second-order valence-corrected chi connectivity index (χ2v) is 5.29. The molecule has 0 spiro atoms. The largest absolute Gasteiger partial charge is 0.478 e. The average molecular weight is 220 g/mol. The Labute approximate surface area is 97.0 Å². The van der Waals surface area contributed by atoms with Crippen molar-refractivity contribution in [2.24, 2.45) is 23.7 Å². The Morgan fingerprint density at radius 3 is 2.06 bits per heavy atom. The topological polar surface area (TPSA) is 37.3 Å². The first-order valence-electron chi connectivity index (χ1n) is 6.16. The van der Waals surface area contributed by atoms with Crippen molar-refractivity contribution in [3.63, 3.8) is 0 Å². The average Bonchev–Trinajstić information content (AvgIpc) is 2.92. The summed E-state index contributed by atoms with van der Waals surface area (Å²) in [6.07, 6.45) is 11.1. The molecule has 0 aromatic rings. The number of allylic oxidation sites excluding steroid dienone is 2. The molecule has 2 fully saturated rings. The van der Waals surface area contributed by atoms with Crippen LogP contribution >= 0.6 is 0 Å². The van der Waals surface area contributed by atoms with Crippen LogP contribution in [0.25, 0.3) is 0 Å². The molecule has 1 N–H and O–H groups in total. The van der Waals surface area contributed by atoms with Gasteiger partial charge in [0, 0.05) is 5.57 Å². The van der Waals surface area contributed by atoms with E-state index in [1.54, 1.807) is 0 Å². The number of carboxylic acid groups (broad SMARTS) is 1. The highest BCUT2D eigenvalue weighted by Gasteiger charge is 2.46. The lowest BCUT2D eigenvalue weighted by molar-refractivity contribution is -0.132. The van der Waals surface area contributed by atoms with E-state index in [1.165, 1.54) is 32.6 Å². The van der Waals surface area contributed by atoms with Gasteiger partial charge in [0.1, 0.15) is 0 Å². The van der Waals surface area contributed by atoms with Crippen molar-refractivity contribution in [2.45, 2.75) is 32.6 Å². The van der Waals surface area contributed by atoms with Crippen LogP contribution in [0.4, 0.5) is 0 Å². The summed E-state index contributed by atoms with van der Waals surface area (Å²) in [7, 11) is 0. The Kier molecular flexibility index (Phi) is 3.17. The molecule has 2 saturated carbocycles. The zero-order chi connectivity index (χ0) is 11.7. The molecule has 2 heteroatoms. The van der Waals surface area contributed by atoms with E-state index in [1.807, 2.05) is 0 Å². The first-order valence-corrected chi connectivity index (χ1v) is 6.16. The van der Waals surface area contributed by atoms with E-state index in [0.29, 0.717) is 0 Å². The number of carboxylic acids is 1. The molecule has 2 bridgehead atoms. The van der Waals surface area contributed by atoms with Gasteiger partial charge in [0.05, 0.1) is 0 Å². The maximum absolute atomic E-state index is 9.60. The highest BCUT2D eigenvalue weighted by molar-refractivity contribution is 5.84. The van der Waals surface area contributed by atoms with E-state index < -0.39 is 5.97 Å². The predicted octanol–water partition coefficient (Wildman–Crippen LogP) is 3.26. The Morgan fingerprint density at radius 2 is 1.69 bits per heavy atom. The van der Waals surface area contributed by atoms with Gasteiger partial charge in [0.15, 0.2) is 0 Å². The molecule has 3 aliphatic rings. The van der Waals surface area contributed by atoms with Gasteiger partial charge in [0.2, 0.25) is 0 Å². The van der Waals surface area contributed by atoms with Crippen LogP contribution < -0.4 is 0 Å². The monoisotopic (exact) mass is 220 g/mol. The minimum absolute atomic E-state index is 0.176. The molecule has 0 aromatic carbocycles. The van der Waals surface area contributed by atoms with Gasteiger partial charge in [-0.2, -0.15) is 0 Å². The second kappa shape index (κ2) is 4.44. The lowest BCUT2D eigenvalue weighted by Crippen LogP contribution is -2.12. The smallest absolute Gasteiger partial charge is 0.330 e. The molecule has 0 saturated heterocycles. The van der Waals surface area contributed by atoms with E-state index in [9.17, 15) is 4.79 Å². The summed E-state index contributed by atoms with van der Waals surface area (Å²) in [5, 5.41) is 7.89. The molecule has 0 amide bonds. The van der Waals surface area contributed by atoms with Crippen molar-refractivity contribution in [1.82, 2.24) is 0 Å². The number of aliphatic carboxylic acids is 1. The Morgan fingerprint density at radius 1 is 1.25 bits per heavy atom. The molecule has 0 aromatic heterocycles. The molecule has 0 aliphatic heterocycles. The standard InChI is InChI=1S/C10H14.C4H6O2/c1-2-9-7-4-5-8(6-7)10(9)3-1;1-3(2)4(5)6/h4-5,7-10H,1-3,6H2;1H2,2H3,(H,5,6). The van der Waals surface area contributed by atoms with Crippen LogP contribution in [-0.4, -0.2) is 11.1 Å². The number of fused-ring (bicyclic) bond motifs is 5. The molecular weight excluding hydrogens is 200 g/mol. The minimum atomic E-state index is -0.935. The number of hydrogen-bond donors (Lipinski definition) is 1. The van der Waals surface area contributed by atoms with E-state index in [4.69, 9.17) is 5.11 Å². The van der Waals surface area contributed by atoms with Crippen molar-refractivity contribution in [3.8, 4) is 0 Å². The van der Waals surface area contributed by atoms with E-state index in [0.717, 1.165) is 23.7 Å². The summed E-state index contributed by atoms with van der Waals surface area (Å²) in [5.41, 5.74) is 0.176. The molecule has 0 heterocycles. The molecule has 3 rings (SSSR count).